The molecule has 12 nitrogen and oxygen atoms in total. The first-order chi connectivity index (χ1) is 70.6. The van der Waals surface area contributed by atoms with E-state index >= 15 is 0 Å². The Morgan fingerprint density at radius 2 is 0.322 bits per heavy atom. The number of phenolic OH excluding ortho intramolecular Hbond substituents is 6. The Balaban J connectivity index is 0.000000220. The number of benzene rings is 16. The first kappa shape index (κ1) is 119. The topological polar surface area (TPSA) is 218 Å². The van der Waals surface area contributed by atoms with Gasteiger partial charge >= 0.3 is 0 Å². The van der Waals surface area contributed by atoms with Crippen LogP contribution < -0.4 is 29.5 Å². The van der Waals surface area contributed by atoms with Crippen LogP contribution in [0.25, 0.3) is 0 Å². The van der Waals surface area contributed by atoms with Crippen LogP contribution in [0, 0.1) is 76.7 Å². The number of hydrogen-bond donors (Lipinski definition) is 6. The monoisotopic (exact) mass is 2210 g/mol. The van der Waals surface area contributed by atoms with E-state index in [1.165, 1.54) is 22.3 Å². The molecule has 0 unspecified atom stereocenters. The molecule has 3 aliphatic carbocycles. The first-order valence-electron chi connectivity index (χ1n) is 51.7. The molecule has 0 spiro atoms. The first-order valence-corrected chi connectivity index (χ1v) is 51.7. The second-order valence-corrected chi connectivity index (χ2v) is 38.6. The molecule has 0 aliphatic heterocycles. The molecule has 0 amide bonds. The third-order valence-corrected chi connectivity index (χ3v) is 27.3. The van der Waals surface area contributed by atoms with E-state index in [9.17, 15) is 46.0 Å². The predicted molar refractivity (Wildman–Crippen MR) is 591 cm³/mol. The SMILES string of the molecule is CC.CC.CC.CC.[CH2-]Oc1c2cc(CCc3ccccc3)cc1Cc1cc(C)cc(c1O)Cc1cc(C)cc(c1[O-])Cc1cc(C)cc(c1O)C2.[CH2-]Oc1c2cc(CCc3ccccc3)cc1Cc1cc(C)cc(c1O)Cc1cc(CCc3ccccc3)cc(c1[O-])Cc1cc(C)cc(c1O)C2.[CH2-]Oc1c2cc(Cc3ccccc3)cc1Cc1cc(C)cc(c1O)Cc1cc(C)cc(c1[O-])Cc1cc(C)cc(c1O)C2.[Y].[Y].[Y]. The van der Waals surface area contributed by atoms with Crippen molar-refractivity contribution in [2.45, 2.75) is 233 Å². The minimum Gasteiger partial charge on any atom is -0.872 e. The quantitative estimate of drug-likeness (QED) is 0.0561. The Kier molecular flexibility index (Phi) is 45.2. The molecule has 16 aromatic rings. The van der Waals surface area contributed by atoms with Crippen molar-refractivity contribution in [3.8, 4) is 69.0 Å². The summed E-state index contributed by atoms with van der Waals surface area (Å²) in [5.41, 5.74) is 35.8. The normalized spacial score (nSPS) is 11.8. The van der Waals surface area contributed by atoms with E-state index in [2.05, 4.69) is 131 Å². The summed E-state index contributed by atoms with van der Waals surface area (Å²) in [6.45, 7) is 32.1. The maximum Gasteiger partial charge on any atom is 0.122 e. The van der Waals surface area contributed by atoms with E-state index in [-0.39, 0.29) is 150 Å². The minimum absolute atomic E-state index is 0. The van der Waals surface area contributed by atoms with Crippen LogP contribution in [0.2, 0.25) is 0 Å². The molecule has 0 heterocycles. The van der Waals surface area contributed by atoms with E-state index in [1.807, 2.05) is 269 Å². The van der Waals surface area contributed by atoms with Crippen molar-refractivity contribution >= 4 is 0 Å². The third-order valence-electron chi connectivity index (χ3n) is 27.3. The largest absolute Gasteiger partial charge is 0.872 e. The fourth-order valence-electron chi connectivity index (χ4n) is 21.1. The van der Waals surface area contributed by atoms with Gasteiger partial charge in [0.05, 0.1) is 17.2 Å². The summed E-state index contributed by atoms with van der Waals surface area (Å²) in [6, 6.07) is 90.0. The minimum atomic E-state index is -0.0499. The van der Waals surface area contributed by atoms with Crippen molar-refractivity contribution in [2.24, 2.45) is 0 Å². The Morgan fingerprint density at radius 1 is 0.188 bits per heavy atom. The van der Waals surface area contributed by atoms with Crippen LogP contribution in [-0.2, 0) is 220 Å². The van der Waals surface area contributed by atoms with E-state index in [0.29, 0.717) is 139 Å². The number of phenols is 6. The van der Waals surface area contributed by atoms with Gasteiger partial charge in [-0.15, -0.1) is 17.2 Å². The second kappa shape index (κ2) is 56.5. The van der Waals surface area contributed by atoms with Crippen molar-refractivity contribution in [3.63, 3.8) is 0 Å². The Hall–Kier alpha value is -11.6. The maximum atomic E-state index is 14.2. The average molecular weight is 2210 g/mol. The summed E-state index contributed by atoms with van der Waals surface area (Å²) in [5.74, 6) is 3.03. The van der Waals surface area contributed by atoms with Crippen LogP contribution in [-0.4, -0.2) is 30.6 Å². The summed E-state index contributed by atoms with van der Waals surface area (Å²) in [4.78, 5) is 0. The second-order valence-electron chi connectivity index (χ2n) is 38.6. The van der Waals surface area contributed by atoms with Gasteiger partial charge in [-0.05, 0) is 245 Å². The van der Waals surface area contributed by atoms with Crippen LogP contribution in [0.1, 0.15) is 278 Å². The van der Waals surface area contributed by atoms with E-state index in [1.54, 1.807) is 0 Å². The van der Waals surface area contributed by atoms with Crippen LogP contribution in [0.5, 0.6) is 69.0 Å². The van der Waals surface area contributed by atoms with Crippen molar-refractivity contribution in [1.29, 1.82) is 0 Å². The Labute approximate surface area is 961 Å². The van der Waals surface area contributed by atoms with Crippen LogP contribution >= 0.6 is 0 Å². The molecule has 24 bridgehead atoms. The van der Waals surface area contributed by atoms with E-state index in [0.717, 1.165) is 201 Å². The molecule has 0 aromatic heterocycles. The summed E-state index contributed by atoms with van der Waals surface area (Å²) in [7, 11) is 11.5. The fourth-order valence-corrected chi connectivity index (χ4v) is 21.1. The summed E-state index contributed by atoms with van der Waals surface area (Å²) in [5, 5.41) is 112. The number of hydrogen-bond acceptors (Lipinski definition) is 12. The number of rotatable bonds is 14. The van der Waals surface area contributed by atoms with Gasteiger partial charge in [-0.2, -0.15) is 21.3 Å². The number of fused-ring (bicyclic) bond motifs is 24. The molecule has 19 rings (SSSR count). The number of aryl methyl sites for hydroxylation is 14. The molecule has 15 heteroatoms. The van der Waals surface area contributed by atoms with Crippen molar-refractivity contribution in [3.05, 3.63) is 511 Å². The fraction of sp³-hybridized carbons (Fsp3) is 0.261. The Bertz CT molecular complexity index is 6940. The van der Waals surface area contributed by atoms with Gasteiger partial charge < -0.3 is 60.2 Å². The zero-order chi connectivity index (χ0) is 105. The molecular formula is C134H142O12Y3-6. The summed E-state index contributed by atoms with van der Waals surface area (Å²) < 4.78 is 17.5. The average Bonchev–Trinajstić information content (AvgIpc) is 0.783. The number of ether oxygens (including phenoxy) is 3. The molecule has 3 radical (unpaired) electrons. The molecule has 3 aliphatic rings. The summed E-state index contributed by atoms with van der Waals surface area (Å²) in [6.07, 6.45) is 10.2. The molecule has 16 aromatic carbocycles. The van der Waals surface area contributed by atoms with Crippen LogP contribution in [0.4, 0.5) is 0 Å². The molecule has 0 atom stereocenters. The van der Waals surface area contributed by atoms with E-state index in [4.69, 9.17) is 14.2 Å². The summed E-state index contributed by atoms with van der Waals surface area (Å²) >= 11 is 0. The van der Waals surface area contributed by atoms with Crippen LogP contribution in [0.15, 0.2) is 267 Å². The van der Waals surface area contributed by atoms with E-state index < -0.39 is 0 Å². The molecule has 0 saturated carbocycles. The maximum absolute atomic E-state index is 14.2. The van der Waals surface area contributed by atoms with Crippen molar-refractivity contribution in [2.75, 3.05) is 0 Å². The molecule has 765 valence electrons. The van der Waals surface area contributed by atoms with Gasteiger partial charge in [-0.1, -0.05) is 400 Å². The molecule has 149 heavy (non-hydrogen) atoms. The standard InChI is InChI=1S/C47H45O4.C40H39O4.C39H37O4.4C2H6.3Y/c1-30-18-36-26-40-22-34(16-14-32-10-6-4-7-11-32)23-41(46(40)50)27-37-19-31(2)21-39(45(37)49)29-43-25-35(17-15-33-12-8-5-9-13-33)24-42(47(43)51-3)28-38(20-30)44(36)48;1-24-12-29-20-31-14-25(2)16-33(38(31)42)22-35-18-28(11-10-27-8-6-5-7-9-27)19-36(40(35)44-4)23-34-17-26(3)15-32(39(34)43)21-30(13-24)37(29)41;1-23-10-28-19-30-12-24(2)14-32(37(30)41)21-34-17-27(16-26-8-6-5-7-9-26)18-35(39(34)43-4)22-33-15-25(3)13-31(38(33)42)20-29(11-23)36(28)40;4*1-2;;;/h4-13,18-25,48-50H,3,14-17,26-29H2,1-2H3;5-9,12-19,41-43H,4,10-11,20-23H2,1-3H3;5-15,17-18,40-42H,4,16,19-22H2,1-3H3;4*1-2H3;;;/q3*-1;;;;;;;/p-3. The molecular weight excluding hydrogens is 2070 g/mol. The van der Waals surface area contributed by atoms with Gasteiger partial charge in [0.2, 0.25) is 0 Å². The van der Waals surface area contributed by atoms with Crippen LogP contribution in [0.3, 0.4) is 0 Å². The van der Waals surface area contributed by atoms with Crippen molar-refractivity contribution in [1.82, 2.24) is 0 Å². The van der Waals surface area contributed by atoms with Gasteiger partial charge in [0.25, 0.3) is 0 Å². The molecule has 0 fully saturated rings. The van der Waals surface area contributed by atoms with Gasteiger partial charge in [0.15, 0.2) is 0 Å². The zero-order valence-corrected chi connectivity index (χ0v) is 98.3. The van der Waals surface area contributed by atoms with Gasteiger partial charge in [-0.3, -0.25) is 0 Å². The Morgan fingerprint density at radius 3 is 0.497 bits per heavy atom. The smallest absolute Gasteiger partial charge is 0.122 e. The zero-order valence-electron chi connectivity index (χ0n) is 89.8. The van der Waals surface area contributed by atoms with Gasteiger partial charge in [-0.25, -0.2) is 0 Å². The van der Waals surface area contributed by atoms with Gasteiger partial charge in [0, 0.05) is 175 Å². The number of aromatic hydroxyl groups is 6. The molecule has 6 N–H and O–H groups in total. The predicted octanol–water partition coefficient (Wildman–Crippen LogP) is 28.6. The molecule has 0 saturated heterocycles. The van der Waals surface area contributed by atoms with Gasteiger partial charge in [0.1, 0.15) is 34.5 Å². The third kappa shape index (κ3) is 30.3. The van der Waals surface area contributed by atoms with Crippen molar-refractivity contribution < 1.29 is 158 Å².